The van der Waals surface area contributed by atoms with Crippen molar-refractivity contribution in [1.29, 1.82) is 5.26 Å². The molecule has 2 aromatic rings. The van der Waals surface area contributed by atoms with E-state index in [2.05, 4.69) is 10.1 Å². The Kier molecular flexibility index (Phi) is 2.48. The summed E-state index contributed by atoms with van der Waals surface area (Å²) in [6.07, 6.45) is 3.07. The van der Waals surface area contributed by atoms with Crippen LogP contribution in [-0.4, -0.2) is 14.8 Å². The average Bonchev–Trinajstić information content (AvgIpc) is 2.87. The summed E-state index contributed by atoms with van der Waals surface area (Å²) in [7, 11) is 0. The van der Waals surface area contributed by atoms with Gasteiger partial charge in [-0.25, -0.2) is 9.67 Å². The molecule has 2 N–H and O–H groups in total. The number of nitrogens with zero attached hydrogens (tertiary/aromatic N) is 4. The predicted molar refractivity (Wildman–Crippen MR) is 50.4 cm³/mol. The van der Waals surface area contributed by atoms with E-state index in [4.69, 9.17) is 15.4 Å². The average molecular weight is 203 g/mol. The fourth-order valence-electron chi connectivity index (χ4n) is 1.26. The van der Waals surface area contributed by atoms with Crippen LogP contribution in [0.1, 0.15) is 17.1 Å². The number of hydrogen-bond donors (Lipinski definition) is 1. The van der Waals surface area contributed by atoms with E-state index in [-0.39, 0.29) is 5.82 Å². The number of rotatable bonds is 3. The van der Waals surface area contributed by atoms with Crippen LogP contribution in [0.2, 0.25) is 0 Å². The molecule has 0 aliphatic heterocycles. The van der Waals surface area contributed by atoms with Crippen molar-refractivity contribution < 1.29 is 4.42 Å². The van der Waals surface area contributed by atoms with Gasteiger partial charge in [-0.05, 0) is 6.07 Å². The van der Waals surface area contributed by atoms with Gasteiger partial charge in [-0.2, -0.15) is 5.26 Å². The topological polar surface area (TPSA) is 93.7 Å². The largest absolute Gasteiger partial charge is 0.467 e. The van der Waals surface area contributed by atoms with Gasteiger partial charge in [-0.3, -0.25) is 0 Å². The Morgan fingerprint density at radius 1 is 1.60 bits per heavy atom. The standard InChI is InChI=1S/C9H9N5O/c10-3-7-1-2-15-8(7)5-14-6-12-9(4-11)13-14/h1-2,6H,3,5,10H2. The third-order valence-electron chi connectivity index (χ3n) is 2.00. The van der Waals surface area contributed by atoms with Crippen molar-refractivity contribution in [1.82, 2.24) is 14.8 Å². The first-order valence-electron chi connectivity index (χ1n) is 4.38. The molecule has 0 spiro atoms. The maximum Gasteiger partial charge on any atom is 0.252 e. The summed E-state index contributed by atoms with van der Waals surface area (Å²) in [4.78, 5) is 3.79. The maximum atomic E-state index is 8.55. The second-order valence-electron chi connectivity index (χ2n) is 2.95. The molecule has 0 radical (unpaired) electrons. The number of furan rings is 1. The lowest BCUT2D eigenvalue weighted by molar-refractivity contribution is 0.474. The fraction of sp³-hybridized carbons (Fsp3) is 0.222. The molecule has 6 heteroatoms. The molecule has 6 nitrogen and oxygen atoms in total. The van der Waals surface area contributed by atoms with Gasteiger partial charge in [0.1, 0.15) is 24.7 Å². The minimum absolute atomic E-state index is 0.149. The van der Waals surface area contributed by atoms with E-state index in [9.17, 15) is 0 Å². The molecule has 2 rings (SSSR count). The van der Waals surface area contributed by atoms with Gasteiger partial charge < -0.3 is 10.2 Å². The van der Waals surface area contributed by atoms with Crippen molar-refractivity contribution in [3.8, 4) is 6.07 Å². The first kappa shape index (κ1) is 9.43. The lowest BCUT2D eigenvalue weighted by Crippen LogP contribution is -2.04. The summed E-state index contributed by atoms with van der Waals surface area (Å²) in [6, 6.07) is 3.67. The number of nitriles is 1. The van der Waals surface area contributed by atoms with E-state index in [0.29, 0.717) is 13.1 Å². The van der Waals surface area contributed by atoms with Gasteiger partial charge in [0.05, 0.1) is 6.26 Å². The second-order valence-corrected chi connectivity index (χ2v) is 2.95. The number of hydrogen-bond acceptors (Lipinski definition) is 5. The van der Waals surface area contributed by atoms with Gasteiger partial charge in [0, 0.05) is 12.1 Å². The van der Waals surface area contributed by atoms with Crippen molar-refractivity contribution in [2.45, 2.75) is 13.1 Å². The predicted octanol–water partition coefficient (Wildman–Crippen LogP) is 0.250. The number of aromatic nitrogens is 3. The molecule has 0 aliphatic rings. The SMILES string of the molecule is N#Cc1ncn(Cc2occc2CN)n1. The van der Waals surface area contributed by atoms with Gasteiger partial charge in [-0.15, -0.1) is 5.10 Å². The van der Waals surface area contributed by atoms with Crippen molar-refractivity contribution in [3.63, 3.8) is 0 Å². The first-order valence-corrected chi connectivity index (χ1v) is 4.38. The Morgan fingerprint density at radius 2 is 2.47 bits per heavy atom. The smallest absolute Gasteiger partial charge is 0.252 e. The molecule has 0 amide bonds. The van der Waals surface area contributed by atoms with Gasteiger partial charge in [0.25, 0.3) is 5.82 Å². The molecule has 0 atom stereocenters. The van der Waals surface area contributed by atoms with Crippen LogP contribution in [0.25, 0.3) is 0 Å². The van der Waals surface area contributed by atoms with Crippen LogP contribution in [0.3, 0.4) is 0 Å². The summed E-state index contributed by atoms with van der Waals surface area (Å²) < 4.78 is 6.79. The van der Waals surface area contributed by atoms with Crippen LogP contribution in [0, 0.1) is 11.3 Å². The highest BCUT2D eigenvalue weighted by atomic mass is 16.3. The highest BCUT2D eigenvalue weighted by Crippen LogP contribution is 2.10. The Balaban J connectivity index is 2.18. The van der Waals surface area contributed by atoms with Crippen LogP contribution in [0.5, 0.6) is 0 Å². The van der Waals surface area contributed by atoms with E-state index in [1.807, 2.05) is 12.1 Å². The summed E-state index contributed by atoms with van der Waals surface area (Å²) >= 11 is 0. The van der Waals surface area contributed by atoms with Crippen molar-refractivity contribution in [2.75, 3.05) is 0 Å². The van der Waals surface area contributed by atoms with E-state index in [0.717, 1.165) is 11.3 Å². The molecule has 15 heavy (non-hydrogen) atoms. The van der Waals surface area contributed by atoms with E-state index < -0.39 is 0 Å². The van der Waals surface area contributed by atoms with Crippen LogP contribution in [0.4, 0.5) is 0 Å². The fourth-order valence-corrected chi connectivity index (χ4v) is 1.26. The first-order chi connectivity index (χ1) is 7.33. The van der Waals surface area contributed by atoms with E-state index >= 15 is 0 Å². The monoisotopic (exact) mass is 203 g/mol. The van der Waals surface area contributed by atoms with Crippen molar-refractivity contribution >= 4 is 0 Å². The Bertz CT molecular complexity index is 493. The molecule has 0 unspecified atom stereocenters. The van der Waals surface area contributed by atoms with Crippen molar-refractivity contribution in [3.05, 3.63) is 35.8 Å². The zero-order valence-electron chi connectivity index (χ0n) is 7.92. The molecular weight excluding hydrogens is 194 g/mol. The van der Waals surface area contributed by atoms with Gasteiger partial charge >= 0.3 is 0 Å². The Morgan fingerprint density at radius 3 is 3.13 bits per heavy atom. The highest BCUT2D eigenvalue weighted by molar-refractivity contribution is 5.16. The molecular formula is C9H9N5O. The Labute approximate surface area is 85.9 Å². The van der Waals surface area contributed by atoms with E-state index in [1.165, 1.54) is 11.0 Å². The molecule has 0 fully saturated rings. The summed E-state index contributed by atoms with van der Waals surface area (Å²) in [6.45, 7) is 0.861. The van der Waals surface area contributed by atoms with Crippen molar-refractivity contribution in [2.24, 2.45) is 5.73 Å². The van der Waals surface area contributed by atoms with Crippen LogP contribution < -0.4 is 5.73 Å². The lowest BCUT2D eigenvalue weighted by atomic mass is 10.2. The van der Waals surface area contributed by atoms with E-state index in [1.54, 1.807) is 6.26 Å². The van der Waals surface area contributed by atoms with Crippen LogP contribution in [0.15, 0.2) is 23.1 Å². The minimum atomic E-state index is 0.149. The molecule has 2 aromatic heterocycles. The zero-order chi connectivity index (χ0) is 10.7. The molecule has 0 bridgehead atoms. The summed E-state index contributed by atoms with van der Waals surface area (Å²) in [5.41, 5.74) is 6.46. The van der Waals surface area contributed by atoms with Gasteiger partial charge in [0.15, 0.2) is 0 Å². The summed E-state index contributed by atoms with van der Waals surface area (Å²) in [5, 5.41) is 12.5. The van der Waals surface area contributed by atoms with Crippen LogP contribution >= 0.6 is 0 Å². The highest BCUT2D eigenvalue weighted by Gasteiger charge is 2.07. The quantitative estimate of drug-likeness (QED) is 0.771. The van der Waals surface area contributed by atoms with Crippen LogP contribution in [-0.2, 0) is 13.1 Å². The molecule has 76 valence electrons. The molecule has 0 aliphatic carbocycles. The minimum Gasteiger partial charge on any atom is -0.467 e. The van der Waals surface area contributed by atoms with Gasteiger partial charge in [-0.1, -0.05) is 0 Å². The number of nitrogens with two attached hydrogens (primary N) is 1. The zero-order valence-corrected chi connectivity index (χ0v) is 7.92. The lowest BCUT2D eigenvalue weighted by Gasteiger charge is -1.99. The molecule has 2 heterocycles. The second kappa shape index (κ2) is 3.94. The summed E-state index contributed by atoms with van der Waals surface area (Å²) in [5.74, 6) is 0.891. The molecule has 0 saturated heterocycles. The molecule has 0 aromatic carbocycles. The normalized spacial score (nSPS) is 10.1. The Hall–Kier alpha value is -2.13. The third-order valence-corrected chi connectivity index (χ3v) is 2.00. The third kappa shape index (κ3) is 1.87. The maximum absolute atomic E-state index is 8.55. The van der Waals surface area contributed by atoms with Gasteiger partial charge in [0.2, 0.25) is 0 Å². The molecule has 0 saturated carbocycles.